The van der Waals surface area contributed by atoms with Crippen LogP contribution in [0.5, 0.6) is 0 Å². The van der Waals surface area contributed by atoms with Gasteiger partial charge in [0.2, 0.25) is 6.33 Å². The summed E-state index contributed by atoms with van der Waals surface area (Å²) in [6, 6.07) is 0. The summed E-state index contributed by atoms with van der Waals surface area (Å²) in [7, 11) is 2.07. The van der Waals surface area contributed by atoms with E-state index >= 15 is 0 Å². The van der Waals surface area contributed by atoms with Crippen molar-refractivity contribution in [1.82, 2.24) is 9.88 Å². The first-order valence-corrected chi connectivity index (χ1v) is 6.78. The van der Waals surface area contributed by atoms with Crippen molar-refractivity contribution in [2.75, 3.05) is 0 Å². The molecule has 0 unspecified atom stereocenters. The van der Waals surface area contributed by atoms with Crippen molar-refractivity contribution >= 4 is 0 Å². The van der Waals surface area contributed by atoms with Gasteiger partial charge in [0.05, 0.1) is 13.6 Å². The van der Waals surface area contributed by atoms with E-state index in [-0.39, 0.29) is 0 Å². The van der Waals surface area contributed by atoms with E-state index in [4.69, 9.17) is 10.5 Å². The van der Waals surface area contributed by atoms with Gasteiger partial charge in [0, 0.05) is 0 Å². The quantitative estimate of drug-likeness (QED) is 0.354. The number of hydrogen-bond donors (Lipinski definition) is 1. The highest BCUT2D eigenvalue weighted by atomic mass is 15.1. The Morgan fingerprint density at radius 2 is 1.74 bits per heavy atom. The van der Waals surface area contributed by atoms with Crippen LogP contribution in [0.2, 0.25) is 0 Å². The molecule has 0 bridgehead atoms. The molecule has 104 valence electrons. The fourth-order valence-corrected chi connectivity index (χ4v) is 1.73. The Kier molecular flexibility index (Phi) is 11.1. The van der Waals surface area contributed by atoms with Crippen LogP contribution in [0, 0.1) is 22.9 Å². The van der Waals surface area contributed by atoms with Crippen LogP contribution in [-0.2, 0) is 13.6 Å². The lowest BCUT2D eigenvalue weighted by molar-refractivity contribution is -0.696. The van der Waals surface area contributed by atoms with Crippen LogP contribution in [0.4, 0.5) is 0 Å². The maximum Gasteiger partial charge on any atom is 0.243 e. The Balaban J connectivity index is 0.000000555. The lowest BCUT2D eigenvalue weighted by atomic mass is 10.1. The molecule has 1 rings (SSSR count). The van der Waals surface area contributed by atoms with E-state index in [1.54, 1.807) is 5.32 Å². The molecule has 0 aliphatic heterocycles. The first-order chi connectivity index (χ1) is 9.24. The number of aromatic nitrogens is 2. The molecule has 0 saturated carbocycles. The lowest BCUT2D eigenvalue weighted by Crippen LogP contribution is -2.30. The van der Waals surface area contributed by atoms with E-state index in [1.165, 1.54) is 57.5 Å². The normalized spacial score (nSPS) is 8.84. The highest BCUT2D eigenvalue weighted by Gasteiger charge is 1.98. The summed E-state index contributed by atoms with van der Waals surface area (Å²) in [5.41, 5.74) is 0. The zero-order chi connectivity index (χ0) is 14.3. The maximum atomic E-state index is 7.48. The minimum absolute atomic E-state index is 1.17. The van der Waals surface area contributed by atoms with Gasteiger partial charge in [0.15, 0.2) is 12.4 Å². The summed E-state index contributed by atoms with van der Waals surface area (Å²) < 4.78 is 4.36. The molecule has 0 atom stereocenters. The smallest absolute Gasteiger partial charge is 0.240 e. The zero-order valence-corrected chi connectivity index (χ0v) is 12.0. The molecule has 0 saturated heterocycles. The second-order valence-electron chi connectivity index (χ2n) is 4.43. The number of nitrogens with zero attached hydrogens (tertiary/aromatic N) is 4. The lowest BCUT2D eigenvalue weighted by Gasteiger charge is -1.98. The number of unbranched alkanes of at least 4 members (excludes halogenated alkanes) is 5. The highest BCUT2D eigenvalue weighted by Crippen LogP contribution is 2.04. The average Bonchev–Trinajstić information content (AvgIpc) is 2.81. The molecular weight excluding hydrogens is 238 g/mol. The van der Waals surface area contributed by atoms with E-state index in [0.29, 0.717) is 0 Å². The Labute approximate surface area is 116 Å². The van der Waals surface area contributed by atoms with E-state index in [0.717, 1.165) is 0 Å². The van der Waals surface area contributed by atoms with Gasteiger partial charge in [-0.2, -0.15) is 10.5 Å². The molecule has 0 aliphatic carbocycles. The second kappa shape index (κ2) is 12.4. The molecular formula is C14H24N5+. The van der Waals surface area contributed by atoms with Gasteiger partial charge >= 0.3 is 0 Å². The predicted molar refractivity (Wildman–Crippen MR) is 73.3 cm³/mol. The largest absolute Gasteiger partial charge is 0.243 e. The van der Waals surface area contributed by atoms with Gasteiger partial charge in [0.25, 0.3) is 0 Å². The molecule has 0 radical (unpaired) electrons. The third-order valence-electron chi connectivity index (χ3n) is 2.71. The van der Waals surface area contributed by atoms with Gasteiger partial charge in [-0.15, -0.1) is 0 Å². The fraction of sp³-hybridized carbons (Fsp3) is 0.643. The zero-order valence-electron chi connectivity index (χ0n) is 12.0. The minimum Gasteiger partial charge on any atom is -0.240 e. The standard InChI is InChI=1S/C12H23N2.C2HN3/c1-3-4-5-6-7-8-9-14-11-10-13(2)12-14;3-1-5-2-4/h10-12H,3-9H2,1-2H3;5H/q+1;. The maximum absolute atomic E-state index is 7.48. The molecule has 1 aromatic rings. The van der Waals surface area contributed by atoms with Crippen LogP contribution in [-0.4, -0.2) is 4.57 Å². The van der Waals surface area contributed by atoms with Crippen molar-refractivity contribution in [3.05, 3.63) is 18.7 Å². The van der Waals surface area contributed by atoms with Crippen molar-refractivity contribution in [2.24, 2.45) is 7.05 Å². The molecule has 0 aliphatic rings. The molecule has 1 aromatic heterocycles. The Morgan fingerprint density at radius 1 is 1.11 bits per heavy atom. The summed E-state index contributed by atoms with van der Waals surface area (Å²) in [6.07, 6.45) is 17.4. The van der Waals surface area contributed by atoms with Gasteiger partial charge in [-0.25, -0.2) is 14.5 Å². The minimum atomic E-state index is 1.17. The summed E-state index contributed by atoms with van der Waals surface area (Å²) in [4.78, 5) is 0. The van der Waals surface area contributed by atoms with Gasteiger partial charge in [0.1, 0.15) is 12.4 Å². The molecule has 0 spiro atoms. The average molecular weight is 262 g/mol. The summed E-state index contributed by atoms with van der Waals surface area (Å²) in [6.45, 7) is 3.44. The number of rotatable bonds is 7. The Hall–Kier alpha value is -2.01. The third-order valence-corrected chi connectivity index (χ3v) is 2.71. The van der Waals surface area contributed by atoms with Crippen molar-refractivity contribution < 1.29 is 4.57 Å². The number of imidazole rings is 1. The van der Waals surface area contributed by atoms with E-state index in [9.17, 15) is 0 Å². The van der Waals surface area contributed by atoms with E-state index in [1.807, 2.05) is 0 Å². The van der Waals surface area contributed by atoms with Crippen LogP contribution in [0.15, 0.2) is 18.7 Å². The molecule has 0 amide bonds. The second-order valence-corrected chi connectivity index (χ2v) is 4.43. The Bertz CT molecular complexity index is 385. The summed E-state index contributed by atoms with van der Waals surface area (Å²) in [5, 5.41) is 16.7. The third kappa shape index (κ3) is 10.8. The van der Waals surface area contributed by atoms with Gasteiger partial charge in [-0.05, 0) is 12.8 Å². The first-order valence-electron chi connectivity index (χ1n) is 6.78. The molecule has 5 heteroatoms. The van der Waals surface area contributed by atoms with Gasteiger partial charge in [-0.3, -0.25) is 0 Å². The van der Waals surface area contributed by atoms with Crippen LogP contribution in [0.1, 0.15) is 45.4 Å². The molecule has 19 heavy (non-hydrogen) atoms. The molecule has 5 nitrogen and oxygen atoms in total. The molecule has 0 fully saturated rings. The topological polar surface area (TPSA) is 68.4 Å². The van der Waals surface area contributed by atoms with Crippen LogP contribution in [0.3, 0.4) is 0 Å². The number of aryl methyl sites for hydroxylation is 2. The predicted octanol–water partition coefficient (Wildman–Crippen LogP) is 2.21. The molecule has 1 N–H and O–H groups in total. The monoisotopic (exact) mass is 262 g/mol. The van der Waals surface area contributed by atoms with Crippen molar-refractivity contribution in [3.8, 4) is 12.4 Å². The number of nitrogens with one attached hydrogen (secondary N) is 1. The molecule has 0 aromatic carbocycles. The number of nitriles is 2. The summed E-state index contributed by atoms with van der Waals surface area (Å²) in [5.74, 6) is 0. The first kappa shape index (κ1) is 17.0. The van der Waals surface area contributed by atoms with E-state index < -0.39 is 0 Å². The van der Waals surface area contributed by atoms with Crippen LogP contribution < -0.4 is 9.88 Å². The highest BCUT2D eigenvalue weighted by molar-refractivity contribution is 4.77. The van der Waals surface area contributed by atoms with Gasteiger partial charge < -0.3 is 0 Å². The SMILES string of the molecule is CCCCCCCC[n+]1ccn(C)c1.N#CNC#N. The van der Waals surface area contributed by atoms with Crippen molar-refractivity contribution in [3.63, 3.8) is 0 Å². The van der Waals surface area contributed by atoms with Gasteiger partial charge in [-0.1, -0.05) is 32.6 Å². The number of hydrogen-bond acceptors (Lipinski definition) is 3. The van der Waals surface area contributed by atoms with Crippen molar-refractivity contribution in [2.45, 2.75) is 52.0 Å². The Morgan fingerprint density at radius 3 is 2.21 bits per heavy atom. The van der Waals surface area contributed by atoms with Crippen LogP contribution in [0.25, 0.3) is 0 Å². The fourth-order valence-electron chi connectivity index (χ4n) is 1.73. The van der Waals surface area contributed by atoms with Crippen molar-refractivity contribution in [1.29, 1.82) is 10.5 Å². The van der Waals surface area contributed by atoms with E-state index in [2.05, 4.69) is 41.8 Å². The van der Waals surface area contributed by atoms with Crippen LogP contribution >= 0.6 is 0 Å². The molecule has 1 heterocycles. The summed E-state index contributed by atoms with van der Waals surface area (Å²) >= 11 is 0.